The van der Waals surface area contributed by atoms with Gasteiger partial charge in [0, 0.05) is 23.1 Å². The maximum Gasteiger partial charge on any atom is 0.214 e. The van der Waals surface area contributed by atoms with Crippen molar-refractivity contribution in [2.75, 3.05) is 7.11 Å². The summed E-state index contributed by atoms with van der Waals surface area (Å²) in [6.07, 6.45) is 0.530. The Kier molecular flexibility index (Phi) is 3.79. The Balaban J connectivity index is 1.58. The van der Waals surface area contributed by atoms with E-state index in [9.17, 15) is 5.11 Å². The van der Waals surface area contributed by atoms with Crippen molar-refractivity contribution in [3.8, 4) is 17.2 Å². The number of aromatic hydroxyl groups is 1. The first-order chi connectivity index (χ1) is 13.2. The van der Waals surface area contributed by atoms with Crippen LogP contribution in [-0.2, 0) is 0 Å². The van der Waals surface area contributed by atoms with Crippen molar-refractivity contribution < 1.29 is 14.6 Å². The molecule has 27 heavy (non-hydrogen) atoms. The van der Waals surface area contributed by atoms with Gasteiger partial charge in [0.2, 0.25) is 6.23 Å². The number of ether oxygens (including phenoxy) is 2. The molecule has 0 aliphatic carbocycles. The molecule has 6 heteroatoms. The van der Waals surface area contributed by atoms with Crippen LogP contribution in [-0.4, -0.2) is 22.9 Å². The average molecular weight is 378 g/mol. The highest BCUT2D eigenvalue weighted by Gasteiger charge is 2.41. The van der Waals surface area contributed by atoms with Crippen LogP contribution in [0.4, 0.5) is 0 Å². The predicted molar refractivity (Wildman–Crippen MR) is 105 cm³/mol. The number of fused-ring (bicyclic) bond motifs is 3. The number of benzene rings is 2. The van der Waals surface area contributed by atoms with E-state index >= 15 is 0 Å². The SMILES string of the molecule is COc1cc(C2=NN3C(C2)c2ccccc2OC3c2ccsc2)ccc1O. The molecule has 5 rings (SSSR count). The van der Waals surface area contributed by atoms with Crippen LogP contribution in [0.15, 0.2) is 64.4 Å². The summed E-state index contributed by atoms with van der Waals surface area (Å²) in [4.78, 5) is 0. The fraction of sp³-hybridized carbons (Fsp3) is 0.190. The number of hydrogen-bond acceptors (Lipinski definition) is 6. The van der Waals surface area contributed by atoms with Crippen LogP contribution in [0.2, 0.25) is 0 Å². The third kappa shape index (κ3) is 2.64. The number of phenols is 1. The van der Waals surface area contributed by atoms with Gasteiger partial charge in [0.25, 0.3) is 0 Å². The molecule has 0 saturated carbocycles. The van der Waals surface area contributed by atoms with Crippen molar-refractivity contribution in [3.05, 3.63) is 76.0 Å². The van der Waals surface area contributed by atoms with Crippen LogP contribution >= 0.6 is 11.3 Å². The summed E-state index contributed by atoms with van der Waals surface area (Å²) in [6, 6.07) is 15.7. The van der Waals surface area contributed by atoms with Crippen molar-refractivity contribution >= 4 is 17.0 Å². The molecule has 0 radical (unpaired) electrons. The molecule has 5 nitrogen and oxygen atoms in total. The van der Waals surface area contributed by atoms with Gasteiger partial charge in [-0.1, -0.05) is 18.2 Å². The van der Waals surface area contributed by atoms with Gasteiger partial charge in [0.1, 0.15) is 5.75 Å². The zero-order valence-corrected chi connectivity index (χ0v) is 15.5. The van der Waals surface area contributed by atoms with E-state index in [4.69, 9.17) is 14.6 Å². The molecule has 3 heterocycles. The third-order valence-electron chi connectivity index (χ3n) is 5.04. The molecule has 3 aromatic rings. The van der Waals surface area contributed by atoms with Crippen LogP contribution in [0, 0.1) is 0 Å². The summed E-state index contributed by atoms with van der Waals surface area (Å²) in [6.45, 7) is 0. The van der Waals surface area contributed by atoms with Gasteiger partial charge in [-0.25, -0.2) is 5.01 Å². The van der Waals surface area contributed by atoms with Gasteiger partial charge < -0.3 is 14.6 Å². The first-order valence-electron chi connectivity index (χ1n) is 8.75. The summed E-state index contributed by atoms with van der Waals surface area (Å²) >= 11 is 1.65. The molecular weight excluding hydrogens is 360 g/mol. The molecule has 2 unspecified atom stereocenters. The van der Waals surface area contributed by atoms with E-state index in [1.54, 1.807) is 24.5 Å². The highest BCUT2D eigenvalue weighted by Crippen LogP contribution is 2.47. The second-order valence-corrected chi connectivity index (χ2v) is 7.38. The lowest BCUT2D eigenvalue weighted by atomic mass is 9.96. The van der Waals surface area contributed by atoms with Gasteiger partial charge in [-0.3, -0.25) is 0 Å². The average Bonchev–Trinajstić information content (AvgIpc) is 3.38. The maximum absolute atomic E-state index is 9.89. The number of nitrogens with zero attached hydrogens (tertiary/aromatic N) is 2. The number of hydrogen-bond donors (Lipinski definition) is 1. The largest absolute Gasteiger partial charge is 0.504 e. The first-order valence-corrected chi connectivity index (χ1v) is 9.70. The molecule has 136 valence electrons. The summed E-state index contributed by atoms with van der Waals surface area (Å²) < 4.78 is 11.6. The minimum atomic E-state index is -0.243. The molecule has 2 aliphatic rings. The Bertz CT molecular complexity index is 1020. The fourth-order valence-electron chi connectivity index (χ4n) is 3.70. The van der Waals surface area contributed by atoms with Crippen molar-refractivity contribution in [2.45, 2.75) is 18.7 Å². The highest BCUT2D eigenvalue weighted by atomic mass is 32.1. The molecule has 0 fully saturated rings. The van der Waals surface area contributed by atoms with E-state index in [-0.39, 0.29) is 18.0 Å². The number of methoxy groups -OCH3 is 1. The Labute approximate surface area is 161 Å². The van der Waals surface area contributed by atoms with Crippen LogP contribution in [0.25, 0.3) is 0 Å². The number of thiophene rings is 1. The topological polar surface area (TPSA) is 54.3 Å². The van der Waals surface area contributed by atoms with Crippen LogP contribution in [0.1, 0.15) is 35.4 Å². The molecule has 0 saturated heterocycles. The molecule has 1 N–H and O–H groups in total. The summed E-state index contributed by atoms with van der Waals surface area (Å²) in [5.74, 6) is 1.49. The second kappa shape index (κ2) is 6.32. The normalized spacial score (nSPS) is 20.5. The Hall–Kier alpha value is -2.99. The van der Waals surface area contributed by atoms with Gasteiger partial charge in [0.05, 0.1) is 18.9 Å². The lowest BCUT2D eigenvalue weighted by molar-refractivity contribution is -0.0187. The maximum atomic E-state index is 9.89. The second-order valence-electron chi connectivity index (χ2n) is 6.60. The molecule has 0 spiro atoms. The molecule has 1 aromatic heterocycles. The van der Waals surface area contributed by atoms with Crippen molar-refractivity contribution in [2.24, 2.45) is 5.10 Å². The third-order valence-corrected chi connectivity index (χ3v) is 5.74. The molecule has 0 bridgehead atoms. The van der Waals surface area contributed by atoms with Gasteiger partial charge in [-0.2, -0.15) is 16.4 Å². The Morgan fingerprint density at radius 2 is 2.11 bits per heavy atom. The minimum Gasteiger partial charge on any atom is -0.504 e. The van der Waals surface area contributed by atoms with Crippen LogP contribution in [0.5, 0.6) is 17.2 Å². The number of para-hydroxylation sites is 1. The lowest BCUT2D eigenvalue weighted by Crippen LogP contribution is -2.33. The van der Waals surface area contributed by atoms with Crippen molar-refractivity contribution in [1.82, 2.24) is 5.01 Å². The van der Waals surface area contributed by atoms with Crippen LogP contribution < -0.4 is 9.47 Å². The fourth-order valence-corrected chi connectivity index (χ4v) is 4.37. The van der Waals surface area contributed by atoms with Crippen molar-refractivity contribution in [1.29, 1.82) is 0 Å². The summed E-state index contributed by atoms with van der Waals surface area (Å²) in [5, 5.41) is 21.0. The zero-order valence-electron chi connectivity index (χ0n) is 14.7. The van der Waals surface area contributed by atoms with Gasteiger partial charge >= 0.3 is 0 Å². The number of phenolic OH excluding ortho intramolecular Hbond substituents is 1. The van der Waals surface area contributed by atoms with E-state index in [0.717, 1.165) is 34.6 Å². The van der Waals surface area contributed by atoms with E-state index in [2.05, 4.69) is 27.9 Å². The molecule has 2 aromatic carbocycles. The van der Waals surface area contributed by atoms with E-state index < -0.39 is 0 Å². The Morgan fingerprint density at radius 3 is 2.93 bits per heavy atom. The molecular formula is C21H18N2O3S. The minimum absolute atomic E-state index is 0.120. The summed E-state index contributed by atoms with van der Waals surface area (Å²) in [5.41, 5.74) is 4.15. The van der Waals surface area contributed by atoms with Crippen LogP contribution in [0.3, 0.4) is 0 Å². The van der Waals surface area contributed by atoms with Gasteiger partial charge in [0.15, 0.2) is 11.5 Å². The smallest absolute Gasteiger partial charge is 0.214 e. The van der Waals surface area contributed by atoms with E-state index in [0.29, 0.717) is 5.75 Å². The van der Waals surface area contributed by atoms with E-state index in [1.165, 1.54) is 0 Å². The Morgan fingerprint density at radius 1 is 1.22 bits per heavy atom. The first kappa shape index (κ1) is 16.2. The summed E-state index contributed by atoms with van der Waals surface area (Å²) in [7, 11) is 1.55. The predicted octanol–water partition coefficient (Wildman–Crippen LogP) is 4.70. The van der Waals surface area contributed by atoms with E-state index in [1.807, 2.05) is 30.3 Å². The molecule has 0 amide bonds. The number of rotatable bonds is 3. The molecule has 2 aliphatic heterocycles. The lowest BCUT2D eigenvalue weighted by Gasteiger charge is -2.37. The van der Waals surface area contributed by atoms with Gasteiger partial charge in [-0.05, 0) is 41.1 Å². The number of hydrazone groups is 1. The zero-order chi connectivity index (χ0) is 18.4. The van der Waals surface area contributed by atoms with Crippen molar-refractivity contribution in [3.63, 3.8) is 0 Å². The monoisotopic (exact) mass is 378 g/mol. The standard InChI is InChI=1S/C21H18N2O3S/c1-25-20-10-13(6-7-18(20)24)16-11-17-15-4-2-3-5-19(15)26-21(23(17)22-16)14-8-9-27-12-14/h2-10,12,17,21,24H,11H2,1H3. The van der Waals surface area contributed by atoms with Gasteiger partial charge in [-0.15, -0.1) is 0 Å². The quantitative estimate of drug-likeness (QED) is 0.717. The molecule has 2 atom stereocenters. The highest BCUT2D eigenvalue weighted by molar-refractivity contribution is 7.07.